The third-order valence-corrected chi connectivity index (χ3v) is 5.28. The molecule has 0 saturated carbocycles. The van der Waals surface area contributed by atoms with E-state index in [-0.39, 0.29) is 30.7 Å². The van der Waals surface area contributed by atoms with E-state index < -0.39 is 0 Å². The van der Waals surface area contributed by atoms with Crippen LogP contribution in [0.5, 0.6) is 0 Å². The quantitative estimate of drug-likeness (QED) is 0.703. The van der Waals surface area contributed by atoms with Crippen molar-refractivity contribution in [1.82, 2.24) is 20.4 Å². The van der Waals surface area contributed by atoms with Crippen LogP contribution >= 0.6 is 24.8 Å². The summed E-state index contributed by atoms with van der Waals surface area (Å²) >= 11 is 0. The number of hydrogen-bond donors (Lipinski definition) is 2. The van der Waals surface area contributed by atoms with E-state index in [1.807, 2.05) is 7.05 Å². The molecule has 0 radical (unpaired) electrons. The van der Waals surface area contributed by atoms with E-state index in [0.717, 1.165) is 58.0 Å². The smallest absolute Gasteiger partial charge is 0.234 e. The van der Waals surface area contributed by atoms with Gasteiger partial charge in [-0.25, -0.2) is 0 Å². The average Bonchev–Trinajstić information content (AvgIpc) is 2.55. The Hall–Kier alpha value is -0.0700. The van der Waals surface area contributed by atoms with Gasteiger partial charge >= 0.3 is 0 Å². The van der Waals surface area contributed by atoms with Gasteiger partial charge in [-0.1, -0.05) is 6.92 Å². The molecule has 2 saturated heterocycles. The van der Waals surface area contributed by atoms with Gasteiger partial charge in [0.15, 0.2) is 0 Å². The maximum Gasteiger partial charge on any atom is 0.234 e. The standard InChI is InChI=1S/C17H34N4O.2ClH/c1-3-20-12-7-16(8-13-20)19-17(22)14-21-10-5-15(6-11-21)4-9-18-2;;/h15-16,18H,3-14H2,1-2H3,(H,19,22);2*1H. The van der Waals surface area contributed by atoms with Crippen LogP contribution in [0.15, 0.2) is 0 Å². The van der Waals surface area contributed by atoms with Crippen molar-refractivity contribution in [3.63, 3.8) is 0 Å². The van der Waals surface area contributed by atoms with Crippen LogP contribution in [0.2, 0.25) is 0 Å². The summed E-state index contributed by atoms with van der Waals surface area (Å²) in [4.78, 5) is 17.0. The Morgan fingerprint density at radius 2 is 1.58 bits per heavy atom. The highest BCUT2D eigenvalue weighted by Crippen LogP contribution is 2.19. The summed E-state index contributed by atoms with van der Waals surface area (Å²) in [6, 6.07) is 0.392. The minimum atomic E-state index is 0. The van der Waals surface area contributed by atoms with Crippen molar-refractivity contribution in [3.05, 3.63) is 0 Å². The minimum Gasteiger partial charge on any atom is -0.352 e. The first kappa shape index (κ1) is 23.9. The number of piperidine rings is 2. The highest BCUT2D eigenvalue weighted by atomic mass is 35.5. The van der Waals surface area contributed by atoms with E-state index in [2.05, 4.69) is 27.4 Å². The van der Waals surface area contributed by atoms with Crippen LogP contribution in [0.1, 0.15) is 39.0 Å². The number of hydrogen-bond acceptors (Lipinski definition) is 4. The van der Waals surface area contributed by atoms with Crippen LogP contribution < -0.4 is 10.6 Å². The SMILES string of the molecule is CCN1CCC(NC(=O)CN2CCC(CCNC)CC2)CC1.Cl.Cl. The van der Waals surface area contributed by atoms with E-state index in [4.69, 9.17) is 0 Å². The highest BCUT2D eigenvalue weighted by Gasteiger charge is 2.23. The molecule has 2 rings (SSSR count). The molecule has 0 aromatic heterocycles. The average molecular weight is 383 g/mol. The van der Waals surface area contributed by atoms with Crippen molar-refractivity contribution in [1.29, 1.82) is 0 Å². The monoisotopic (exact) mass is 382 g/mol. The molecule has 0 bridgehead atoms. The van der Waals surface area contributed by atoms with Gasteiger partial charge in [0.1, 0.15) is 0 Å². The summed E-state index contributed by atoms with van der Waals surface area (Å²) in [5.74, 6) is 1.06. The molecule has 2 fully saturated rings. The summed E-state index contributed by atoms with van der Waals surface area (Å²) in [5, 5.41) is 6.47. The lowest BCUT2D eigenvalue weighted by Crippen LogP contribution is -2.48. The second kappa shape index (κ2) is 13.2. The van der Waals surface area contributed by atoms with E-state index >= 15 is 0 Å². The van der Waals surface area contributed by atoms with Gasteiger partial charge in [-0.05, 0) is 71.2 Å². The summed E-state index contributed by atoms with van der Waals surface area (Å²) in [6.45, 7) is 9.44. The molecule has 2 aliphatic heterocycles. The summed E-state index contributed by atoms with van der Waals surface area (Å²) in [6.07, 6.45) is 5.96. The Balaban J connectivity index is 0.00000264. The molecule has 0 aromatic rings. The van der Waals surface area contributed by atoms with Crippen LogP contribution in [-0.2, 0) is 4.79 Å². The van der Waals surface area contributed by atoms with Gasteiger partial charge in [0.25, 0.3) is 0 Å². The van der Waals surface area contributed by atoms with E-state index in [9.17, 15) is 4.79 Å². The fourth-order valence-corrected chi connectivity index (χ4v) is 3.65. The number of likely N-dealkylation sites (tertiary alicyclic amines) is 2. The Morgan fingerprint density at radius 1 is 1.00 bits per heavy atom. The van der Waals surface area contributed by atoms with Gasteiger partial charge in [-0.3, -0.25) is 9.69 Å². The van der Waals surface area contributed by atoms with E-state index in [0.29, 0.717) is 12.6 Å². The topological polar surface area (TPSA) is 47.6 Å². The molecule has 0 spiro atoms. The van der Waals surface area contributed by atoms with Crippen molar-refractivity contribution >= 4 is 30.7 Å². The van der Waals surface area contributed by atoms with Gasteiger partial charge in [0, 0.05) is 19.1 Å². The van der Waals surface area contributed by atoms with Crippen molar-refractivity contribution in [2.45, 2.75) is 45.1 Å². The van der Waals surface area contributed by atoms with Crippen LogP contribution in [0.3, 0.4) is 0 Å². The predicted octanol–water partition coefficient (Wildman–Crippen LogP) is 1.75. The fourth-order valence-electron chi connectivity index (χ4n) is 3.65. The van der Waals surface area contributed by atoms with Gasteiger partial charge in [0.2, 0.25) is 5.91 Å². The minimum absolute atomic E-state index is 0. The van der Waals surface area contributed by atoms with Gasteiger partial charge in [-0.2, -0.15) is 0 Å². The van der Waals surface area contributed by atoms with Crippen molar-refractivity contribution in [2.75, 3.05) is 52.9 Å². The first-order valence-corrected chi connectivity index (χ1v) is 9.10. The lowest BCUT2D eigenvalue weighted by Gasteiger charge is -2.33. The van der Waals surface area contributed by atoms with Gasteiger partial charge < -0.3 is 15.5 Å². The highest BCUT2D eigenvalue weighted by molar-refractivity contribution is 5.85. The summed E-state index contributed by atoms with van der Waals surface area (Å²) in [5.41, 5.74) is 0. The molecule has 0 unspecified atom stereocenters. The zero-order valence-electron chi connectivity index (χ0n) is 15.3. The molecule has 2 N–H and O–H groups in total. The molecular formula is C17H36Cl2N4O. The molecular weight excluding hydrogens is 347 g/mol. The predicted molar refractivity (Wildman–Crippen MR) is 105 cm³/mol. The molecule has 2 heterocycles. The first-order chi connectivity index (χ1) is 10.7. The Bertz CT molecular complexity index is 331. The van der Waals surface area contributed by atoms with Crippen LogP contribution in [0.25, 0.3) is 0 Å². The number of carbonyl (C=O) groups is 1. The molecule has 24 heavy (non-hydrogen) atoms. The third kappa shape index (κ3) is 8.34. The number of nitrogens with zero attached hydrogens (tertiary/aromatic N) is 2. The molecule has 1 amide bonds. The van der Waals surface area contributed by atoms with Crippen molar-refractivity contribution in [2.24, 2.45) is 5.92 Å². The summed E-state index contributed by atoms with van der Waals surface area (Å²) in [7, 11) is 2.02. The third-order valence-electron chi connectivity index (χ3n) is 5.28. The number of amides is 1. The van der Waals surface area contributed by atoms with Crippen LogP contribution in [0.4, 0.5) is 0 Å². The fraction of sp³-hybridized carbons (Fsp3) is 0.941. The second-order valence-corrected chi connectivity index (χ2v) is 6.89. The molecule has 7 heteroatoms. The zero-order chi connectivity index (χ0) is 15.8. The zero-order valence-corrected chi connectivity index (χ0v) is 16.9. The normalized spacial score (nSPS) is 20.9. The first-order valence-electron chi connectivity index (χ1n) is 9.10. The van der Waals surface area contributed by atoms with Crippen molar-refractivity contribution in [3.8, 4) is 0 Å². The lowest BCUT2D eigenvalue weighted by atomic mass is 9.93. The molecule has 5 nitrogen and oxygen atoms in total. The number of rotatable bonds is 7. The molecule has 2 aliphatic rings. The van der Waals surface area contributed by atoms with E-state index in [1.54, 1.807) is 0 Å². The molecule has 0 aliphatic carbocycles. The maximum absolute atomic E-state index is 12.2. The van der Waals surface area contributed by atoms with Gasteiger partial charge in [-0.15, -0.1) is 24.8 Å². The van der Waals surface area contributed by atoms with E-state index in [1.165, 1.54) is 19.3 Å². The Labute approximate surface area is 160 Å². The molecule has 144 valence electrons. The van der Waals surface area contributed by atoms with Gasteiger partial charge in [0.05, 0.1) is 6.54 Å². The second-order valence-electron chi connectivity index (χ2n) is 6.89. The Kier molecular flexibility index (Phi) is 13.1. The van der Waals surface area contributed by atoms with Crippen molar-refractivity contribution < 1.29 is 4.79 Å². The molecule has 0 atom stereocenters. The summed E-state index contributed by atoms with van der Waals surface area (Å²) < 4.78 is 0. The largest absolute Gasteiger partial charge is 0.352 e. The molecule has 0 aromatic carbocycles. The van der Waals surface area contributed by atoms with Crippen LogP contribution in [-0.4, -0.2) is 74.6 Å². The Morgan fingerprint density at radius 3 is 2.12 bits per heavy atom. The number of carbonyl (C=O) groups excluding carboxylic acids is 1. The number of halogens is 2. The van der Waals surface area contributed by atoms with Crippen LogP contribution in [0, 0.1) is 5.92 Å². The lowest BCUT2D eigenvalue weighted by molar-refractivity contribution is -0.123. The number of nitrogens with one attached hydrogen (secondary N) is 2. The maximum atomic E-state index is 12.2.